The number of nitrogens with one attached hydrogen (secondary N) is 1. The Balaban J connectivity index is 2.22. The van der Waals surface area contributed by atoms with Crippen LogP contribution in [0.1, 0.15) is 52.9 Å². The van der Waals surface area contributed by atoms with Gasteiger partial charge in [0.1, 0.15) is 0 Å². The summed E-state index contributed by atoms with van der Waals surface area (Å²) in [5.74, 6) is 0.858. The Bertz CT molecular complexity index is 168. The van der Waals surface area contributed by atoms with Crippen LogP contribution in [0, 0.1) is 5.92 Å². The minimum Gasteiger partial charge on any atom is -0.313 e. The molecule has 1 atom stereocenters. The van der Waals surface area contributed by atoms with Gasteiger partial charge in [-0.2, -0.15) is 0 Å². The van der Waals surface area contributed by atoms with E-state index in [1.807, 2.05) is 0 Å². The Morgan fingerprint density at radius 3 is 2.88 bits per heavy atom. The van der Waals surface area contributed by atoms with E-state index in [9.17, 15) is 0 Å². The summed E-state index contributed by atoms with van der Waals surface area (Å²) in [7, 11) is 0. The van der Waals surface area contributed by atoms with Crippen molar-refractivity contribution in [1.29, 1.82) is 0 Å². The molecule has 0 aromatic rings. The summed E-state index contributed by atoms with van der Waals surface area (Å²) in [5, 5.41) is 3.67. The van der Waals surface area contributed by atoms with Crippen LogP contribution in [0.5, 0.6) is 0 Å². The van der Waals surface area contributed by atoms with E-state index < -0.39 is 0 Å². The lowest BCUT2D eigenvalue weighted by Gasteiger charge is -2.24. The van der Waals surface area contributed by atoms with Gasteiger partial charge in [-0.25, -0.2) is 0 Å². The fourth-order valence-electron chi connectivity index (χ4n) is 2.54. The van der Waals surface area contributed by atoms with Gasteiger partial charge in [-0.1, -0.05) is 27.2 Å². The zero-order chi connectivity index (χ0) is 11.8. The van der Waals surface area contributed by atoms with Gasteiger partial charge >= 0.3 is 0 Å². The first-order valence-electron chi connectivity index (χ1n) is 7.18. The van der Waals surface area contributed by atoms with Gasteiger partial charge in [0.15, 0.2) is 0 Å². The maximum Gasteiger partial charge on any atom is 0.0194 e. The fourth-order valence-corrected chi connectivity index (χ4v) is 2.54. The van der Waals surface area contributed by atoms with Crippen molar-refractivity contribution in [3.8, 4) is 0 Å². The number of nitrogens with zero attached hydrogens (tertiary/aromatic N) is 1. The molecule has 1 fully saturated rings. The molecule has 16 heavy (non-hydrogen) atoms. The van der Waals surface area contributed by atoms with Gasteiger partial charge in [-0.3, -0.25) is 0 Å². The first-order chi connectivity index (χ1) is 7.72. The molecule has 2 heteroatoms. The summed E-state index contributed by atoms with van der Waals surface area (Å²) in [6, 6.07) is 0.742. The number of rotatable bonds is 6. The third-order valence-electron chi connectivity index (χ3n) is 3.46. The maximum absolute atomic E-state index is 3.67. The van der Waals surface area contributed by atoms with E-state index in [2.05, 4.69) is 31.0 Å². The van der Waals surface area contributed by atoms with E-state index in [4.69, 9.17) is 0 Å². The minimum absolute atomic E-state index is 0.742. The molecule has 0 amide bonds. The summed E-state index contributed by atoms with van der Waals surface area (Å²) in [6.45, 7) is 12.0. The van der Waals surface area contributed by atoms with Crippen LogP contribution in [-0.4, -0.2) is 37.1 Å². The Kier molecular flexibility index (Phi) is 7.06. The highest BCUT2D eigenvalue weighted by Gasteiger charge is 2.16. The molecule has 0 aliphatic carbocycles. The summed E-state index contributed by atoms with van der Waals surface area (Å²) < 4.78 is 0. The minimum atomic E-state index is 0.742. The largest absolute Gasteiger partial charge is 0.313 e. The standard InChI is InChI=1S/C14H30N2/c1-4-7-14-12-16(11-6-9-15-14)10-5-8-13(2)3/h13-15H,4-12H2,1-3H3. The molecule has 0 saturated carbocycles. The molecule has 1 saturated heterocycles. The highest BCUT2D eigenvalue weighted by atomic mass is 15.2. The average molecular weight is 226 g/mol. The van der Waals surface area contributed by atoms with Crippen molar-refractivity contribution in [2.45, 2.75) is 58.9 Å². The van der Waals surface area contributed by atoms with E-state index in [-0.39, 0.29) is 0 Å². The van der Waals surface area contributed by atoms with Gasteiger partial charge in [0.25, 0.3) is 0 Å². The van der Waals surface area contributed by atoms with Crippen molar-refractivity contribution in [3.05, 3.63) is 0 Å². The quantitative estimate of drug-likeness (QED) is 0.749. The molecule has 1 aliphatic rings. The van der Waals surface area contributed by atoms with Crippen LogP contribution >= 0.6 is 0 Å². The van der Waals surface area contributed by atoms with Crippen LogP contribution in [0.15, 0.2) is 0 Å². The van der Waals surface area contributed by atoms with Gasteiger partial charge in [0.05, 0.1) is 0 Å². The first kappa shape index (κ1) is 14.0. The predicted molar refractivity (Wildman–Crippen MR) is 71.8 cm³/mol. The Morgan fingerprint density at radius 2 is 2.19 bits per heavy atom. The smallest absolute Gasteiger partial charge is 0.0194 e. The zero-order valence-corrected chi connectivity index (χ0v) is 11.5. The lowest BCUT2D eigenvalue weighted by Crippen LogP contribution is -2.37. The van der Waals surface area contributed by atoms with Gasteiger partial charge in [0.2, 0.25) is 0 Å². The molecule has 0 aromatic heterocycles. The first-order valence-corrected chi connectivity index (χ1v) is 7.18. The molecule has 0 bridgehead atoms. The van der Waals surface area contributed by atoms with E-state index in [1.165, 1.54) is 58.3 Å². The van der Waals surface area contributed by atoms with Crippen molar-refractivity contribution < 1.29 is 0 Å². The molecule has 1 aliphatic heterocycles. The molecular weight excluding hydrogens is 196 g/mol. The van der Waals surface area contributed by atoms with Crippen LogP contribution in [-0.2, 0) is 0 Å². The Hall–Kier alpha value is -0.0800. The second kappa shape index (κ2) is 8.08. The molecule has 1 unspecified atom stereocenters. The molecule has 1 heterocycles. The normalized spacial score (nSPS) is 23.6. The molecule has 0 radical (unpaired) electrons. The van der Waals surface area contributed by atoms with Crippen LogP contribution < -0.4 is 5.32 Å². The summed E-state index contributed by atoms with van der Waals surface area (Å²) in [4.78, 5) is 2.67. The molecular formula is C14H30N2. The molecule has 0 aromatic carbocycles. The number of hydrogen-bond donors (Lipinski definition) is 1. The molecule has 1 rings (SSSR count). The highest BCUT2D eigenvalue weighted by molar-refractivity contribution is 4.76. The van der Waals surface area contributed by atoms with Crippen LogP contribution in [0.4, 0.5) is 0 Å². The van der Waals surface area contributed by atoms with Crippen LogP contribution in [0.2, 0.25) is 0 Å². The molecule has 2 nitrogen and oxygen atoms in total. The average Bonchev–Trinajstić information content (AvgIpc) is 2.44. The van der Waals surface area contributed by atoms with Crippen molar-refractivity contribution in [3.63, 3.8) is 0 Å². The van der Waals surface area contributed by atoms with E-state index in [0.717, 1.165) is 12.0 Å². The lowest BCUT2D eigenvalue weighted by molar-refractivity contribution is 0.253. The lowest BCUT2D eigenvalue weighted by atomic mass is 10.1. The van der Waals surface area contributed by atoms with Gasteiger partial charge in [-0.05, 0) is 51.2 Å². The third-order valence-corrected chi connectivity index (χ3v) is 3.46. The van der Waals surface area contributed by atoms with Gasteiger partial charge < -0.3 is 10.2 Å². The molecule has 96 valence electrons. The predicted octanol–water partition coefficient (Wildman–Crippen LogP) is 2.89. The number of hydrogen-bond acceptors (Lipinski definition) is 2. The third kappa shape index (κ3) is 5.86. The topological polar surface area (TPSA) is 15.3 Å². The monoisotopic (exact) mass is 226 g/mol. The fraction of sp³-hybridized carbons (Fsp3) is 1.00. The van der Waals surface area contributed by atoms with Crippen molar-refractivity contribution in [2.24, 2.45) is 5.92 Å². The van der Waals surface area contributed by atoms with Crippen molar-refractivity contribution in [2.75, 3.05) is 26.2 Å². The van der Waals surface area contributed by atoms with Crippen LogP contribution in [0.3, 0.4) is 0 Å². The highest BCUT2D eigenvalue weighted by Crippen LogP contribution is 2.09. The molecule has 0 spiro atoms. The van der Waals surface area contributed by atoms with Gasteiger partial charge in [0, 0.05) is 12.6 Å². The second-order valence-electron chi connectivity index (χ2n) is 5.63. The zero-order valence-electron chi connectivity index (χ0n) is 11.5. The Labute approximate surface area is 102 Å². The van der Waals surface area contributed by atoms with E-state index >= 15 is 0 Å². The van der Waals surface area contributed by atoms with E-state index in [1.54, 1.807) is 0 Å². The Morgan fingerprint density at radius 1 is 1.38 bits per heavy atom. The summed E-state index contributed by atoms with van der Waals surface area (Å²) in [5.41, 5.74) is 0. The van der Waals surface area contributed by atoms with E-state index in [0.29, 0.717) is 0 Å². The van der Waals surface area contributed by atoms with Crippen LogP contribution in [0.25, 0.3) is 0 Å². The van der Waals surface area contributed by atoms with Gasteiger partial charge in [-0.15, -0.1) is 0 Å². The molecule has 1 N–H and O–H groups in total. The van der Waals surface area contributed by atoms with Crippen molar-refractivity contribution in [1.82, 2.24) is 10.2 Å². The summed E-state index contributed by atoms with van der Waals surface area (Å²) >= 11 is 0. The summed E-state index contributed by atoms with van der Waals surface area (Å²) in [6.07, 6.45) is 6.71. The second-order valence-corrected chi connectivity index (χ2v) is 5.63. The maximum atomic E-state index is 3.67. The SMILES string of the molecule is CCCC1CN(CCCC(C)C)CCCN1. The van der Waals surface area contributed by atoms with Crippen molar-refractivity contribution >= 4 is 0 Å².